The Hall–Kier alpha value is -2.84. The summed E-state index contributed by atoms with van der Waals surface area (Å²) in [4.78, 5) is 4.46. The molecule has 9 heteroatoms. The van der Waals surface area contributed by atoms with Gasteiger partial charge in [0.2, 0.25) is 0 Å². The third-order valence-electron chi connectivity index (χ3n) is 3.70. The number of benzene rings is 1. The van der Waals surface area contributed by atoms with Crippen LogP contribution in [0.5, 0.6) is 11.5 Å². The smallest absolute Gasteiger partial charge is 0.387 e. The lowest BCUT2D eigenvalue weighted by molar-refractivity contribution is -0.0504. The van der Waals surface area contributed by atoms with E-state index in [1.807, 2.05) is 26.4 Å². The monoisotopic (exact) mass is 381 g/mol. The number of halogens is 2. The zero-order chi connectivity index (χ0) is 19.6. The van der Waals surface area contributed by atoms with Crippen molar-refractivity contribution in [3.05, 3.63) is 41.7 Å². The van der Waals surface area contributed by atoms with Crippen LogP contribution >= 0.6 is 0 Å². The van der Waals surface area contributed by atoms with E-state index < -0.39 is 6.61 Å². The number of aryl methyl sites for hydroxylation is 1. The Morgan fingerprint density at radius 2 is 2.15 bits per heavy atom. The number of ether oxygens (including phenoxy) is 2. The molecule has 2 rings (SSSR count). The highest BCUT2D eigenvalue weighted by atomic mass is 19.3. The Balaban J connectivity index is 2.03. The molecular formula is C18H25F2N5O2. The summed E-state index contributed by atoms with van der Waals surface area (Å²) < 4.78 is 36.7. The Morgan fingerprint density at radius 3 is 2.78 bits per heavy atom. The average Bonchev–Trinajstić information content (AvgIpc) is 3.05. The van der Waals surface area contributed by atoms with Crippen molar-refractivity contribution < 1.29 is 18.3 Å². The van der Waals surface area contributed by atoms with Crippen LogP contribution in [0.4, 0.5) is 8.78 Å². The molecule has 0 aliphatic heterocycles. The van der Waals surface area contributed by atoms with Crippen molar-refractivity contribution in [2.75, 3.05) is 20.2 Å². The number of nitrogens with one attached hydrogen (secondary N) is 2. The van der Waals surface area contributed by atoms with Gasteiger partial charge in [0.25, 0.3) is 0 Å². The van der Waals surface area contributed by atoms with Gasteiger partial charge in [0.15, 0.2) is 5.96 Å². The summed E-state index contributed by atoms with van der Waals surface area (Å²) >= 11 is 0. The van der Waals surface area contributed by atoms with E-state index in [1.54, 1.807) is 16.8 Å². The molecule has 0 amide bonds. The van der Waals surface area contributed by atoms with Crippen molar-refractivity contribution in [3.63, 3.8) is 0 Å². The summed E-state index contributed by atoms with van der Waals surface area (Å²) in [6, 6.07) is 4.67. The summed E-state index contributed by atoms with van der Waals surface area (Å²) in [5.41, 5.74) is 1.63. The largest absolute Gasteiger partial charge is 0.497 e. The van der Waals surface area contributed by atoms with Gasteiger partial charge in [-0.15, -0.1) is 0 Å². The topological polar surface area (TPSA) is 72.7 Å². The quantitative estimate of drug-likeness (QED) is 0.515. The Bertz CT molecular complexity index is 749. The highest BCUT2D eigenvalue weighted by Crippen LogP contribution is 2.26. The van der Waals surface area contributed by atoms with Gasteiger partial charge in [-0.2, -0.15) is 13.9 Å². The van der Waals surface area contributed by atoms with Crippen molar-refractivity contribution in [2.45, 2.75) is 26.5 Å². The zero-order valence-corrected chi connectivity index (χ0v) is 15.7. The maximum Gasteiger partial charge on any atom is 0.387 e. The number of guanidine groups is 1. The normalized spacial score (nSPS) is 11.6. The van der Waals surface area contributed by atoms with Gasteiger partial charge < -0.3 is 20.1 Å². The van der Waals surface area contributed by atoms with E-state index in [0.29, 0.717) is 30.4 Å². The molecule has 0 bridgehead atoms. The first-order valence-electron chi connectivity index (χ1n) is 8.63. The Labute approximate surface area is 157 Å². The van der Waals surface area contributed by atoms with Crippen molar-refractivity contribution in [1.82, 2.24) is 20.4 Å². The van der Waals surface area contributed by atoms with Crippen LogP contribution in [0.3, 0.4) is 0 Å². The maximum absolute atomic E-state index is 12.6. The van der Waals surface area contributed by atoms with Gasteiger partial charge in [-0.05, 0) is 37.1 Å². The molecule has 0 atom stereocenters. The van der Waals surface area contributed by atoms with Gasteiger partial charge >= 0.3 is 6.61 Å². The predicted octanol–water partition coefficient (Wildman–Crippen LogP) is 2.33. The fourth-order valence-corrected chi connectivity index (χ4v) is 2.45. The van der Waals surface area contributed by atoms with Crippen LogP contribution in [-0.2, 0) is 20.0 Å². The first-order chi connectivity index (χ1) is 13.0. The van der Waals surface area contributed by atoms with Crippen LogP contribution in [0, 0.1) is 0 Å². The van der Waals surface area contributed by atoms with Gasteiger partial charge in [0, 0.05) is 31.9 Å². The van der Waals surface area contributed by atoms with E-state index in [0.717, 1.165) is 12.0 Å². The highest BCUT2D eigenvalue weighted by Gasteiger charge is 2.11. The van der Waals surface area contributed by atoms with Crippen LogP contribution < -0.4 is 20.1 Å². The van der Waals surface area contributed by atoms with E-state index in [1.165, 1.54) is 13.2 Å². The minimum absolute atomic E-state index is 0.0840. The molecule has 0 saturated carbocycles. The van der Waals surface area contributed by atoms with Gasteiger partial charge in [-0.25, -0.2) is 4.99 Å². The molecule has 1 heterocycles. The molecule has 0 aliphatic carbocycles. The maximum atomic E-state index is 12.6. The average molecular weight is 381 g/mol. The van der Waals surface area contributed by atoms with Gasteiger partial charge in [0.1, 0.15) is 11.5 Å². The van der Waals surface area contributed by atoms with Gasteiger partial charge in [-0.1, -0.05) is 0 Å². The van der Waals surface area contributed by atoms with E-state index in [2.05, 4.69) is 25.5 Å². The van der Waals surface area contributed by atoms with Gasteiger partial charge in [0.05, 0.1) is 19.9 Å². The molecule has 0 aliphatic rings. The van der Waals surface area contributed by atoms with Crippen molar-refractivity contribution in [2.24, 2.45) is 12.0 Å². The van der Waals surface area contributed by atoms with E-state index >= 15 is 0 Å². The molecule has 148 valence electrons. The van der Waals surface area contributed by atoms with Crippen molar-refractivity contribution in [3.8, 4) is 11.5 Å². The minimum atomic E-state index is -2.90. The molecule has 0 saturated heterocycles. The number of rotatable bonds is 9. The summed E-state index contributed by atoms with van der Waals surface area (Å²) in [5.74, 6) is 1.23. The summed E-state index contributed by atoms with van der Waals surface area (Å²) in [6.45, 7) is 0.566. The van der Waals surface area contributed by atoms with Gasteiger partial charge in [-0.3, -0.25) is 4.68 Å². The molecule has 0 spiro atoms. The highest BCUT2D eigenvalue weighted by molar-refractivity contribution is 5.79. The number of alkyl halides is 2. The summed E-state index contributed by atoms with van der Waals surface area (Å²) in [6.07, 6.45) is 4.56. The second kappa shape index (κ2) is 10.3. The van der Waals surface area contributed by atoms with E-state index in [-0.39, 0.29) is 12.3 Å². The summed E-state index contributed by atoms with van der Waals surface area (Å²) in [5, 5.41) is 10.5. The van der Waals surface area contributed by atoms with Crippen LogP contribution in [0.1, 0.15) is 18.1 Å². The lowest BCUT2D eigenvalue weighted by Crippen LogP contribution is -2.38. The number of nitrogens with zero attached hydrogens (tertiary/aromatic N) is 3. The molecule has 2 aromatic rings. The first kappa shape index (κ1) is 20.5. The second-order valence-electron chi connectivity index (χ2n) is 5.75. The predicted molar refractivity (Wildman–Crippen MR) is 99.4 cm³/mol. The Kier molecular flexibility index (Phi) is 7.84. The summed E-state index contributed by atoms with van der Waals surface area (Å²) in [7, 11) is 3.38. The van der Waals surface area contributed by atoms with Crippen LogP contribution in [-0.4, -0.2) is 42.6 Å². The second-order valence-corrected chi connectivity index (χ2v) is 5.75. The number of aliphatic imine (C=N–C) groups is 1. The molecular weight excluding hydrogens is 356 g/mol. The molecule has 0 radical (unpaired) electrons. The van der Waals surface area contributed by atoms with Crippen LogP contribution in [0.2, 0.25) is 0 Å². The number of methoxy groups -OCH3 is 1. The van der Waals surface area contributed by atoms with Crippen molar-refractivity contribution in [1.29, 1.82) is 0 Å². The lowest BCUT2D eigenvalue weighted by Gasteiger charge is -2.13. The SMILES string of the molecule is CCNC(=NCc1cc(OC)ccc1OC(F)F)NCCc1cnn(C)c1. The molecule has 27 heavy (non-hydrogen) atoms. The molecule has 1 aromatic carbocycles. The van der Waals surface area contributed by atoms with Crippen molar-refractivity contribution >= 4 is 5.96 Å². The minimum Gasteiger partial charge on any atom is -0.497 e. The third kappa shape index (κ3) is 6.76. The standard InChI is InChI=1S/C18H25F2N5O2/c1-4-21-18(22-8-7-13-10-24-25(2)12-13)23-11-14-9-15(26-3)5-6-16(14)27-17(19)20/h5-6,9-10,12,17H,4,7-8,11H2,1-3H3,(H2,21,22,23). The fourth-order valence-electron chi connectivity index (χ4n) is 2.45. The van der Waals surface area contributed by atoms with Crippen LogP contribution in [0.15, 0.2) is 35.6 Å². The van der Waals surface area contributed by atoms with E-state index in [4.69, 9.17) is 4.74 Å². The molecule has 0 unspecified atom stereocenters. The fraction of sp³-hybridized carbons (Fsp3) is 0.444. The first-order valence-corrected chi connectivity index (χ1v) is 8.63. The molecule has 1 aromatic heterocycles. The number of hydrogen-bond acceptors (Lipinski definition) is 4. The molecule has 2 N–H and O–H groups in total. The zero-order valence-electron chi connectivity index (χ0n) is 15.7. The van der Waals surface area contributed by atoms with Crippen LogP contribution in [0.25, 0.3) is 0 Å². The van der Waals surface area contributed by atoms with E-state index in [9.17, 15) is 8.78 Å². The number of hydrogen-bond donors (Lipinski definition) is 2. The molecule has 0 fully saturated rings. The number of aromatic nitrogens is 2. The molecule has 7 nitrogen and oxygen atoms in total. The lowest BCUT2D eigenvalue weighted by atomic mass is 10.2. The third-order valence-corrected chi connectivity index (χ3v) is 3.70. The Morgan fingerprint density at radius 1 is 1.33 bits per heavy atom.